The van der Waals surface area contributed by atoms with Gasteiger partial charge in [-0.25, -0.2) is 5.43 Å². The molecule has 0 aliphatic carbocycles. The zero-order valence-electron chi connectivity index (χ0n) is 13.1. The molecule has 0 unspecified atom stereocenters. The predicted molar refractivity (Wildman–Crippen MR) is 95.6 cm³/mol. The molecule has 0 aliphatic heterocycles. The van der Waals surface area contributed by atoms with E-state index in [4.69, 9.17) is 16.3 Å². The summed E-state index contributed by atoms with van der Waals surface area (Å²) in [6.45, 7) is 4.29. The summed E-state index contributed by atoms with van der Waals surface area (Å²) < 4.78 is 5.65. The zero-order valence-corrected chi connectivity index (χ0v) is 14.7. The molecule has 1 aromatic carbocycles. The Balaban J connectivity index is 1.70. The molecule has 4 nitrogen and oxygen atoms in total. The van der Waals surface area contributed by atoms with E-state index in [0.29, 0.717) is 24.5 Å². The van der Waals surface area contributed by atoms with Crippen molar-refractivity contribution in [2.45, 2.75) is 26.7 Å². The van der Waals surface area contributed by atoms with E-state index >= 15 is 0 Å². The minimum atomic E-state index is -0.114. The first kappa shape index (κ1) is 17.5. The van der Waals surface area contributed by atoms with Gasteiger partial charge >= 0.3 is 0 Å². The van der Waals surface area contributed by atoms with Gasteiger partial charge in [0, 0.05) is 16.3 Å². The fourth-order valence-electron chi connectivity index (χ4n) is 1.93. The summed E-state index contributed by atoms with van der Waals surface area (Å²) in [7, 11) is 0. The number of amides is 1. The Bertz CT molecular complexity index is 684. The largest absolute Gasteiger partial charge is 0.493 e. The molecule has 0 radical (unpaired) electrons. The molecule has 0 aliphatic rings. The maximum Gasteiger partial charge on any atom is 0.240 e. The average molecular weight is 351 g/mol. The van der Waals surface area contributed by atoms with Crippen molar-refractivity contribution in [3.63, 3.8) is 0 Å². The smallest absolute Gasteiger partial charge is 0.240 e. The van der Waals surface area contributed by atoms with Gasteiger partial charge in [-0.05, 0) is 55.5 Å². The van der Waals surface area contributed by atoms with Crippen LogP contribution in [0.1, 0.15) is 30.2 Å². The van der Waals surface area contributed by atoms with Gasteiger partial charge in [-0.15, -0.1) is 11.3 Å². The number of thiophene rings is 1. The van der Waals surface area contributed by atoms with Gasteiger partial charge in [0.2, 0.25) is 5.91 Å². The van der Waals surface area contributed by atoms with Crippen molar-refractivity contribution in [3.8, 4) is 5.75 Å². The lowest BCUT2D eigenvalue weighted by Gasteiger charge is -2.09. The van der Waals surface area contributed by atoms with E-state index in [1.807, 2.05) is 43.5 Å². The van der Waals surface area contributed by atoms with Crippen molar-refractivity contribution in [1.29, 1.82) is 0 Å². The topological polar surface area (TPSA) is 50.7 Å². The number of hydrogen-bond donors (Lipinski definition) is 1. The number of aryl methyl sites for hydroxylation is 1. The van der Waals surface area contributed by atoms with Crippen LogP contribution in [0.2, 0.25) is 5.02 Å². The molecule has 1 aromatic heterocycles. The van der Waals surface area contributed by atoms with Gasteiger partial charge in [0.15, 0.2) is 0 Å². The van der Waals surface area contributed by atoms with E-state index in [1.54, 1.807) is 17.4 Å². The molecule has 2 aromatic rings. The Morgan fingerprint density at radius 2 is 2.22 bits per heavy atom. The molecule has 23 heavy (non-hydrogen) atoms. The van der Waals surface area contributed by atoms with Gasteiger partial charge in [-0.3, -0.25) is 4.79 Å². The monoisotopic (exact) mass is 350 g/mol. The first-order valence-electron chi connectivity index (χ1n) is 7.32. The number of halogens is 1. The van der Waals surface area contributed by atoms with E-state index < -0.39 is 0 Å². The molecular weight excluding hydrogens is 332 g/mol. The number of nitrogens with zero attached hydrogens (tertiary/aromatic N) is 1. The third-order valence-electron chi connectivity index (χ3n) is 3.17. The van der Waals surface area contributed by atoms with E-state index in [-0.39, 0.29) is 5.91 Å². The second kappa shape index (κ2) is 8.70. The lowest BCUT2D eigenvalue weighted by molar-refractivity contribution is -0.121. The van der Waals surface area contributed by atoms with Crippen LogP contribution in [0.25, 0.3) is 0 Å². The van der Waals surface area contributed by atoms with Crippen LogP contribution in [0.15, 0.2) is 40.8 Å². The highest BCUT2D eigenvalue weighted by Gasteiger charge is 2.04. The Hall–Kier alpha value is -1.85. The molecule has 122 valence electrons. The van der Waals surface area contributed by atoms with Gasteiger partial charge in [-0.2, -0.15) is 5.10 Å². The third kappa shape index (κ3) is 5.69. The number of benzene rings is 1. The molecule has 1 N–H and O–H groups in total. The number of hydrogen-bond acceptors (Lipinski definition) is 4. The Kier molecular flexibility index (Phi) is 6.62. The first-order chi connectivity index (χ1) is 11.1. The molecule has 0 atom stereocenters. The summed E-state index contributed by atoms with van der Waals surface area (Å²) in [6.07, 6.45) is 0.995. The molecule has 6 heteroatoms. The maximum absolute atomic E-state index is 11.8. The highest BCUT2D eigenvalue weighted by atomic mass is 35.5. The summed E-state index contributed by atoms with van der Waals surface area (Å²) in [6, 6.07) is 9.41. The van der Waals surface area contributed by atoms with Crippen molar-refractivity contribution in [3.05, 3.63) is 51.2 Å². The fraction of sp³-hybridized carbons (Fsp3) is 0.294. The summed E-state index contributed by atoms with van der Waals surface area (Å²) in [5.74, 6) is 0.679. The minimum Gasteiger partial charge on any atom is -0.493 e. The third-order valence-corrected chi connectivity index (χ3v) is 4.38. The molecule has 0 saturated heterocycles. The van der Waals surface area contributed by atoms with Crippen LogP contribution in [0.3, 0.4) is 0 Å². The van der Waals surface area contributed by atoms with E-state index in [1.165, 1.54) is 0 Å². The number of carbonyl (C=O) groups is 1. The first-order valence-corrected chi connectivity index (χ1v) is 8.58. The van der Waals surface area contributed by atoms with Crippen LogP contribution in [0, 0.1) is 6.92 Å². The lowest BCUT2D eigenvalue weighted by Crippen LogP contribution is -2.19. The number of ether oxygens (including phenoxy) is 1. The van der Waals surface area contributed by atoms with Gasteiger partial charge < -0.3 is 4.74 Å². The van der Waals surface area contributed by atoms with Gasteiger partial charge in [0.1, 0.15) is 5.75 Å². The second-order valence-electron chi connectivity index (χ2n) is 5.07. The highest BCUT2D eigenvalue weighted by molar-refractivity contribution is 7.12. The fourth-order valence-corrected chi connectivity index (χ4v) is 2.83. The standard InChI is InChI=1S/C17H19ClN2O2S/c1-12-11-14(18)7-8-15(12)22-9-3-6-17(21)20-19-13(2)16-5-4-10-23-16/h4-5,7-8,10-11H,3,6,9H2,1-2H3,(H,20,21)/b19-13+. The molecule has 1 amide bonds. The van der Waals surface area contributed by atoms with Crippen LogP contribution in [0.5, 0.6) is 5.75 Å². The maximum atomic E-state index is 11.8. The van der Waals surface area contributed by atoms with Crippen molar-refractivity contribution >= 4 is 34.6 Å². The Morgan fingerprint density at radius 3 is 2.91 bits per heavy atom. The molecule has 0 spiro atoms. The molecular formula is C17H19ClN2O2S. The number of carbonyl (C=O) groups excluding carboxylic acids is 1. The predicted octanol–water partition coefficient (Wildman–Crippen LogP) is 4.41. The summed E-state index contributed by atoms with van der Waals surface area (Å²) in [5, 5.41) is 6.77. The minimum absolute atomic E-state index is 0.114. The lowest BCUT2D eigenvalue weighted by atomic mass is 10.2. The quantitative estimate of drug-likeness (QED) is 0.457. The Labute approximate surface area is 145 Å². The van der Waals surface area contributed by atoms with Crippen LogP contribution < -0.4 is 10.2 Å². The second-order valence-corrected chi connectivity index (χ2v) is 6.46. The number of hydrazone groups is 1. The normalized spacial score (nSPS) is 11.3. The summed E-state index contributed by atoms with van der Waals surface area (Å²) >= 11 is 7.49. The van der Waals surface area contributed by atoms with Crippen LogP contribution in [-0.2, 0) is 4.79 Å². The van der Waals surface area contributed by atoms with Gasteiger partial charge in [0.25, 0.3) is 0 Å². The van der Waals surface area contributed by atoms with Crippen LogP contribution in [0.4, 0.5) is 0 Å². The van der Waals surface area contributed by atoms with E-state index in [9.17, 15) is 4.79 Å². The van der Waals surface area contributed by atoms with Gasteiger partial charge in [-0.1, -0.05) is 17.7 Å². The molecule has 1 heterocycles. The Morgan fingerprint density at radius 1 is 1.39 bits per heavy atom. The van der Waals surface area contributed by atoms with Crippen molar-refractivity contribution in [1.82, 2.24) is 5.43 Å². The van der Waals surface area contributed by atoms with Gasteiger partial charge in [0.05, 0.1) is 12.3 Å². The van der Waals surface area contributed by atoms with Crippen LogP contribution in [-0.4, -0.2) is 18.2 Å². The summed E-state index contributed by atoms with van der Waals surface area (Å²) in [5.41, 5.74) is 4.36. The van der Waals surface area contributed by atoms with Crippen molar-refractivity contribution in [2.24, 2.45) is 5.10 Å². The summed E-state index contributed by atoms with van der Waals surface area (Å²) in [4.78, 5) is 12.8. The molecule has 0 saturated carbocycles. The number of rotatable bonds is 7. The molecule has 2 rings (SSSR count). The molecule has 0 bridgehead atoms. The van der Waals surface area contributed by atoms with Crippen molar-refractivity contribution in [2.75, 3.05) is 6.61 Å². The van der Waals surface area contributed by atoms with Crippen LogP contribution >= 0.6 is 22.9 Å². The highest BCUT2D eigenvalue weighted by Crippen LogP contribution is 2.21. The number of nitrogens with one attached hydrogen (secondary N) is 1. The van der Waals surface area contributed by atoms with E-state index in [2.05, 4.69) is 10.5 Å². The molecule has 0 fully saturated rings. The van der Waals surface area contributed by atoms with E-state index in [0.717, 1.165) is 21.9 Å². The van der Waals surface area contributed by atoms with Crippen molar-refractivity contribution < 1.29 is 9.53 Å². The SMILES string of the molecule is C/C(=N\NC(=O)CCCOc1ccc(Cl)cc1C)c1cccs1. The zero-order chi connectivity index (χ0) is 16.7. The average Bonchev–Trinajstić information content (AvgIpc) is 3.05.